The van der Waals surface area contributed by atoms with Gasteiger partial charge < -0.3 is 13.3 Å². The summed E-state index contributed by atoms with van der Waals surface area (Å²) in [6.45, 7) is 56.8. The molecule has 0 aliphatic carbocycles. The van der Waals surface area contributed by atoms with Crippen LogP contribution in [0.15, 0.2) is 262 Å². The molecule has 12 heteroatoms. The van der Waals surface area contributed by atoms with Crippen molar-refractivity contribution in [3.63, 3.8) is 0 Å². The second-order valence-corrected chi connectivity index (χ2v) is 46.5. The van der Waals surface area contributed by atoms with Crippen LogP contribution in [0.1, 0.15) is 204 Å². The Kier molecular flexibility index (Phi) is 20.9. The number of hydrogen-bond acceptors (Lipinski definition) is 12. The van der Waals surface area contributed by atoms with Crippen LogP contribution in [0.2, 0.25) is 0 Å². The summed E-state index contributed by atoms with van der Waals surface area (Å²) in [6.07, 6.45) is 0. The van der Waals surface area contributed by atoms with Gasteiger partial charge >= 0.3 is 0 Å². The summed E-state index contributed by atoms with van der Waals surface area (Å²) >= 11 is 0. The third-order valence-corrected chi connectivity index (χ3v) is 29.2. The molecule has 0 bridgehead atoms. The SMILES string of the molecule is CC(C)(C)c1nc(-c2ccc3cc(-c4ccccc4)c4c5oc6ccccc6c5cc5ccc2c3c54)nc(C(C)(C)C)n1.Cc1cc(C)c(-c2cc3c4oc5ccccc5c4cc4c(-c5c(C)cc(C)cc5C)cc5c(-c6nc(C(C)(C)C)nc(C(C)(C)C)n6)ccc2c5c43)c(C)c1.Cc1cccc(C)c1-c1cc2ccc(-c3nc(C(C)(C)C)nc(C(C)(C)C)n3)c3ccc4c5oc6ccccc6c5cc1c4c23. The van der Waals surface area contributed by atoms with Crippen LogP contribution in [0, 0.1) is 55.4 Å². The van der Waals surface area contributed by atoms with Crippen LogP contribution in [0.25, 0.3) is 241 Å². The molecule has 0 N–H and O–H groups in total. The molecule has 706 valence electrons. The second kappa shape index (κ2) is 32.6. The maximum atomic E-state index is 6.88. The van der Waals surface area contributed by atoms with E-state index in [1.54, 1.807) is 0 Å². The molecule has 0 saturated carbocycles. The third kappa shape index (κ3) is 15.2. The first-order chi connectivity index (χ1) is 68.0. The Hall–Kier alpha value is -15.3. The van der Waals surface area contributed by atoms with Gasteiger partial charge in [-0.15, -0.1) is 0 Å². The number of aryl methyl sites for hydroxylation is 8. The largest absolute Gasteiger partial charge is 0.455 e. The molecule has 0 atom stereocenters. The summed E-state index contributed by atoms with van der Waals surface area (Å²) in [5, 5.41) is 28.2. The zero-order valence-electron chi connectivity index (χ0n) is 86.9. The van der Waals surface area contributed by atoms with Gasteiger partial charge in [0.2, 0.25) is 0 Å². The van der Waals surface area contributed by atoms with Gasteiger partial charge in [-0.25, -0.2) is 44.9 Å². The molecule has 0 aliphatic heterocycles. The molecular formula is C131H119N9O3. The molecule has 0 radical (unpaired) electrons. The summed E-state index contributed by atoms with van der Waals surface area (Å²) in [5.74, 6) is 7.00. The van der Waals surface area contributed by atoms with E-state index in [1.165, 1.54) is 154 Å². The van der Waals surface area contributed by atoms with Crippen LogP contribution in [0.4, 0.5) is 0 Å². The summed E-state index contributed by atoms with van der Waals surface area (Å²) < 4.78 is 20.1. The average molecular weight is 1870 g/mol. The monoisotopic (exact) mass is 1870 g/mol. The van der Waals surface area contributed by atoms with E-state index in [4.69, 9.17) is 58.1 Å². The van der Waals surface area contributed by atoms with Gasteiger partial charge in [0, 0.05) is 114 Å². The molecule has 0 amide bonds. The predicted octanol–water partition coefficient (Wildman–Crippen LogP) is 35.9. The highest BCUT2D eigenvalue weighted by molar-refractivity contribution is 6.39. The molecular weight excluding hydrogens is 1750 g/mol. The zero-order valence-corrected chi connectivity index (χ0v) is 86.9. The topological polar surface area (TPSA) is 155 Å². The summed E-state index contributed by atoms with van der Waals surface area (Å²) in [5.41, 5.74) is 27.2. The number of aromatic nitrogens is 9. The van der Waals surface area contributed by atoms with Crippen LogP contribution < -0.4 is 0 Å². The first-order valence-corrected chi connectivity index (χ1v) is 50.3. The average Bonchev–Trinajstić information content (AvgIpc) is 1.59. The van der Waals surface area contributed by atoms with Crippen molar-refractivity contribution in [1.82, 2.24) is 44.9 Å². The lowest BCUT2D eigenvalue weighted by Crippen LogP contribution is -2.24. The minimum Gasteiger partial charge on any atom is -0.455 e. The third-order valence-electron chi connectivity index (χ3n) is 29.2. The van der Waals surface area contributed by atoms with Crippen LogP contribution in [-0.4, -0.2) is 44.9 Å². The Labute approximate surface area is 834 Å². The summed E-state index contributed by atoms with van der Waals surface area (Å²) in [4.78, 5) is 45.8. The molecule has 0 unspecified atom stereocenters. The van der Waals surface area contributed by atoms with E-state index in [2.05, 4.69) is 417 Å². The Morgan fingerprint density at radius 1 is 0.182 bits per heavy atom. The fourth-order valence-electron chi connectivity index (χ4n) is 22.5. The first-order valence-electron chi connectivity index (χ1n) is 50.3. The molecule has 6 aromatic heterocycles. The number of fused-ring (bicyclic) bond motifs is 12. The number of nitrogens with zero attached hydrogens (tertiary/aromatic N) is 9. The van der Waals surface area contributed by atoms with Gasteiger partial charge in [-0.3, -0.25) is 0 Å². The van der Waals surface area contributed by atoms with Crippen LogP contribution in [0.3, 0.4) is 0 Å². The highest BCUT2D eigenvalue weighted by Gasteiger charge is 2.35. The fraction of sp³-hybridized carbons (Fsp3) is 0.244. The van der Waals surface area contributed by atoms with Gasteiger partial charge in [-0.2, -0.15) is 0 Å². The molecule has 6 heterocycles. The van der Waals surface area contributed by atoms with E-state index in [0.29, 0.717) is 5.82 Å². The van der Waals surface area contributed by atoms with Gasteiger partial charge in [0.15, 0.2) is 17.5 Å². The van der Waals surface area contributed by atoms with Crippen molar-refractivity contribution in [2.24, 2.45) is 0 Å². The van der Waals surface area contributed by atoms with E-state index in [-0.39, 0.29) is 32.5 Å². The molecule has 0 saturated heterocycles. The highest BCUT2D eigenvalue weighted by atomic mass is 16.3. The number of furan rings is 3. The van der Waals surface area contributed by atoms with Crippen molar-refractivity contribution in [2.45, 2.75) is 213 Å². The molecule has 25 rings (SSSR count). The Bertz CT molecular complexity index is 9460. The lowest BCUT2D eigenvalue weighted by atomic mass is 9.81. The van der Waals surface area contributed by atoms with E-state index in [0.717, 1.165) is 161 Å². The standard InChI is InChI=1S/C51H49N3O.C41H37N3O.C39H33N3O/c1-26-19-28(3)42(29(4)20-26)35-25-40-45-38(24-39-32-15-13-14-16-41(32)55-46(39)40)37(43-30(5)21-27(2)22-31(43)6)23-36-34(18-17-33(35)44(36)45)47-52-48(50(7,8)9)54-49(53-47)51(10,11)12;1-22-12-11-13-23(2)33(22)29-20-24-16-17-27(37-42-38(40(3,4)5)44-39(43-37)41(6,7)8)26-18-19-28-35(34(24)26)30(29)21-31-25-14-9-10-15-32(25)45-36(28)31;1-38(2,3)36-40-35(41-37(42-36)39(4,5)6)27-19-17-23-20-28(22-12-8-7-9-13-22)33-32-24(16-18-26(27)31(23)32)21-29-25-14-10-11-15-30(25)43-34(29)33/h13-25H,1-12H3;9-21H,1-8H3;7-21H,1-6H3. The first kappa shape index (κ1) is 91.5. The van der Waals surface area contributed by atoms with Gasteiger partial charge in [0.1, 0.15) is 68.4 Å². The molecule has 19 aromatic carbocycles. The summed E-state index contributed by atoms with van der Waals surface area (Å²) in [6, 6.07) is 90.6. The molecule has 0 spiro atoms. The lowest BCUT2D eigenvalue weighted by Gasteiger charge is -2.24. The van der Waals surface area contributed by atoms with Crippen LogP contribution in [-0.2, 0) is 32.5 Å². The Morgan fingerprint density at radius 2 is 0.483 bits per heavy atom. The van der Waals surface area contributed by atoms with E-state index >= 15 is 0 Å². The van der Waals surface area contributed by atoms with Gasteiger partial charge in [-0.05, 0) is 283 Å². The number of para-hydroxylation sites is 3. The predicted molar refractivity (Wildman–Crippen MR) is 601 cm³/mol. The van der Waals surface area contributed by atoms with Crippen molar-refractivity contribution in [3.05, 3.63) is 328 Å². The van der Waals surface area contributed by atoms with Gasteiger partial charge in [-0.1, -0.05) is 300 Å². The van der Waals surface area contributed by atoms with E-state index < -0.39 is 0 Å². The summed E-state index contributed by atoms with van der Waals surface area (Å²) in [7, 11) is 0. The molecule has 0 fully saturated rings. The highest BCUT2D eigenvalue weighted by Crippen LogP contribution is 2.55. The molecule has 25 aromatic rings. The fourth-order valence-corrected chi connectivity index (χ4v) is 22.5. The lowest BCUT2D eigenvalue weighted by molar-refractivity contribution is 0.497. The Morgan fingerprint density at radius 3 is 0.930 bits per heavy atom. The van der Waals surface area contributed by atoms with Crippen molar-refractivity contribution in [2.75, 3.05) is 0 Å². The molecule has 12 nitrogen and oxygen atoms in total. The van der Waals surface area contributed by atoms with Crippen molar-refractivity contribution in [1.29, 1.82) is 0 Å². The number of benzene rings is 19. The van der Waals surface area contributed by atoms with Crippen LogP contribution >= 0.6 is 0 Å². The number of rotatable bonds is 7. The maximum Gasteiger partial charge on any atom is 0.164 e. The smallest absolute Gasteiger partial charge is 0.164 e. The minimum absolute atomic E-state index is 0.209. The Balaban J connectivity index is 0.000000120. The number of hydrogen-bond donors (Lipinski definition) is 0. The van der Waals surface area contributed by atoms with E-state index in [1.807, 2.05) is 12.1 Å². The normalized spacial score (nSPS) is 12.8. The second-order valence-electron chi connectivity index (χ2n) is 46.5. The van der Waals surface area contributed by atoms with E-state index in [9.17, 15) is 0 Å². The minimum atomic E-state index is -0.261. The molecule has 0 aliphatic rings. The quantitative estimate of drug-likeness (QED) is 0.139. The maximum absolute atomic E-state index is 6.88. The van der Waals surface area contributed by atoms with Crippen molar-refractivity contribution >= 4 is 163 Å². The van der Waals surface area contributed by atoms with Crippen LogP contribution in [0.5, 0.6) is 0 Å². The molecule has 143 heavy (non-hydrogen) atoms. The zero-order chi connectivity index (χ0) is 100.0. The van der Waals surface area contributed by atoms with Gasteiger partial charge in [0.25, 0.3) is 0 Å². The van der Waals surface area contributed by atoms with Gasteiger partial charge in [0.05, 0.1) is 0 Å². The van der Waals surface area contributed by atoms with Crippen molar-refractivity contribution in [3.8, 4) is 78.7 Å². The van der Waals surface area contributed by atoms with Crippen molar-refractivity contribution < 1.29 is 13.3 Å².